The molecule has 0 aliphatic carbocycles. The Morgan fingerprint density at radius 3 is 1.38 bits per heavy atom. The summed E-state index contributed by atoms with van der Waals surface area (Å²) in [5.41, 5.74) is 4.07. The van der Waals surface area contributed by atoms with Crippen molar-refractivity contribution >= 4 is 23.5 Å². The molecule has 4 rings (SSSR count). The first kappa shape index (κ1) is 16.1. The van der Waals surface area contributed by atoms with Crippen molar-refractivity contribution in [2.45, 2.75) is 13.8 Å². The first-order chi connectivity index (χ1) is 12.5. The number of carbonyl (C=O) groups is 2. The van der Waals surface area contributed by atoms with Crippen LogP contribution in [-0.4, -0.2) is 11.9 Å². The molecular weight excluding hydrogens is 328 g/mol. The smallest absolute Gasteiger partial charge is 0.344 e. The van der Waals surface area contributed by atoms with Gasteiger partial charge in [0.15, 0.2) is 0 Å². The number of hydrogen-bond donors (Lipinski definition) is 0. The number of rotatable bonds is 2. The van der Waals surface area contributed by atoms with Crippen molar-refractivity contribution in [3.8, 4) is 0 Å². The maximum Gasteiger partial charge on any atom is 0.344 e. The van der Waals surface area contributed by atoms with Gasteiger partial charge in [-0.3, -0.25) is 0 Å². The molecule has 4 nitrogen and oxygen atoms in total. The second-order valence-corrected chi connectivity index (χ2v) is 6.25. The molecule has 4 heteroatoms. The summed E-state index contributed by atoms with van der Waals surface area (Å²) in [6, 6.07) is 15.2. The molecule has 0 bridgehead atoms. The standard InChI is InChI=1S/C22H16O4/c1-13-7-3-5-9-15(13)19-11-17(21(23)25-19)18-12-20(26-22(18)24)16-10-6-4-8-14(16)2/h3-12H,1-2H3/b18-17+. The van der Waals surface area contributed by atoms with Gasteiger partial charge in [-0.05, 0) is 37.1 Å². The van der Waals surface area contributed by atoms with Crippen LogP contribution >= 0.6 is 0 Å². The lowest BCUT2D eigenvalue weighted by atomic mass is 10.0. The van der Waals surface area contributed by atoms with Gasteiger partial charge in [-0.1, -0.05) is 48.5 Å². The van der Waals surface area contributed by atoms with Crippen molar-refractivity contribution in [3.63, 3.8) is 0 Å². The topological polar surface area (TPSA) is 52.6 Å². The van der Waals surface area contributed by atoms with E-state index in [1.807, 2.05) is 62.4 Å². The van der Waals surface area contributed by atoms with Gasteiger partial charge in [0, 0.05) is 11.1 Å². The van der Waals surface area contributed by atoms with Gasteiger partial charge in [0.25, 0.3) is 0 Å². The Hall–Kier alpha value is -3.40. The Morgan fingerprint density at radius 1 is 0.615 bits per heavy atom. The lowest BCUT2D eigenvalue weighted by Crippen LogP contribution is -2.05. The van der Waals surface area contributed by atoms with Gasteiger partial charge in [0.2, 0.25) is 0 Å². The molecular formula is C22H16O4. The molecule has 2 aliphatic rings. The Morgan fingerprint density at radius 2 is 1.00 bits per heavy atom. The van der Waals surface area contributed by atoms with Crippen molar-refractivity contribution in [2.24, 2.45) is 0 Å². The third-order valence-corrected chi connectivity index (χ3v) is 4.51. The van der Waals surface area contributed by atoms with Crippen molar-refractivity contribution in [3.05, 3.63) is 94.1 Å². The quantitative estimate of drug-likeness (QED) is 0.608. The number of esters is 2. The molecule has 0 fully saturated rings. The second kappa shape index (κ2) is 6.15. The lowest BCUT2D eigenvalue weighted by molar-refractivity contribution is -0.133. The molecule has 26 heavy (non-hydrogen) atoms. The lowest BCUT2D eigenvalue weighted by Gasteiger charge is -2.04. The largest absolute Gasteiger partial charge is 0.422 e. The van der Waals surface area contributed by atoms with E-state index in [2.05, 4.69) is 0 Å². The van der Waals surface area contributed by atoms with Crippen LogP contribution in [-0.2, 0) is 19.1 Å². The van der Waals surface area contributed by atoms with E-state index < -0.39 is 11.9 Å². The van der Waals surface area contributed by atoms with Gasteiger partial charge in [-0.25, -0.2) is 9.59 Å². The Kier molecular flexibility index (Phi) is 3.81. The zero-order valence-corrected chi connectivity index (χ0v) is 14.4. The highest BCUT2D eigenvalue weighted by Gasteiger charge is 2.32. The molecule has 0 unspecified atom stereocenters. The summed E-state index contributed by atoms with van der Waals surface area (Å²) < 4.78 is 10.8. The van der Waals surface area contributed by atoms with Gasteiger partial charge < -0.3 is 9.47 Å². The van der Waals surface area contributed by atoms with Crippen LogP contribution in [0.15, 0.2) is 71.8 Å². The number of ether oxygens (including phenoxy) is 2. The zero-order valence-electron chi connectivity index (χ0n) is 14.4. The third-order valence-electron chi connectivity index (χ3n) is 4.51. The third kappa shape index (κ3) is 2.65. The maximum atomic E-state index is 12.3. The number of cyclic esters (lactones) is 2. The molecule has 0 radical (unpaired) electrons. The molecule has 0 spiro atoms. The summed E-state index contributed by atoms with van der Waals surface area (Å²) in [4.78, 5) is 24.7. The molecule has 2 aromatic rings. The molecule has 128 valence electrons. The summed E-state index contributed by atoms with van der Waals surface area (Å²) in [5.74, 6) is -0.197. The van der Waals surface area contributed by atoms with Crippen LogP contribution in [0, 0.1) is 13.8 Å². The van der Waals surface area contributed by atoms with Crippen molar-refractivity contribution in [1.29, 1.82) is 0 Å². The van der Waals surface area contributed by atoms with Gasteiger partial charge in [-0.15, -0.1) is 0 Å². The van der Waals surface area contributed by atoms with Gasteiger partial charge in [0.1, 0.15) is 11.5 Å². The van der Waals surface area contributed by atoms with Crippen LogP contribution in [0.25, 0.3) is 11.5 Å². The molecule has 0 saturated heterocycles. The summed E-state index contributed by atoms with van der Waals surface area (Å²) in [6.07, 6.45) is 3.22. The maximum absolute atomic E-state index is 12.3. The molecule has 0 amide bonds. The minimum Gasteiger partial charge on any atom is -0.422 e. The van der Waals surface area contributed by atoms with E-state index >= 15 is 0 Å². The predicted octanol–water partition coefficient (Wildman–Crippen LogP) is 4.10. The molecule has 0 atom stereocenters. The first-order valence-corrected chi connectivity index (χ1v) is 8.28. The van der Waals surface area contributed by atoms with E-state index in [1.165, 1.54) is 0 Å². The Bertz CT molecular complexity index is 954. The van der Waals surface area contributed by atoms with Gasteiger partial charge >= 0.3 is 11.9 Å². The summed E-state index contributed by atoms with van der Waals surface area (Å²) in [7, 11) is 0. The highest BCUT2D eigenvalue weighted by Crippen LogP contribution is 2.35. The van der Waals surface area contributed by atoms with Crippen LogP contribution in [0.4, 0.5) is 0 Å². The fraction of sp³-hybridized carbons (Fsp3) is 0.0909. The summed E-state index contributed by atoms with van der Waals surface area (Å²) in [5, 5.41) is 0. The van der Waals surface area contributed by atoms with E-state index in [4.69, 9.17) is 9.47 Å². The number of aryl methyl sites for hydroxylation is 2. The zero-order chi connectivity index (χ0) is 18.3. The molecule has 2 aliphatic heterocycles. The minimum atomic E-state index is -0.544. The van der Waals surface area contributed by atoms with Crippen LogP contribution in [0.1, 0.15) is 22.3 Å². The highest BCUT2D eigenvalue weighted by atomic mass is 16.5. The summed E-state index contributed by atoms with van der Waals surface area (Å²) in [6.45, 7) is 3.88. The predicted molar refractivity (Wildman–Crippen MR) is 97.5 cm³/mol. The van der Waals surface area contributed by atoms with Crippen LogP contribution in [0.5, 0.6) is 0 Å². The van der Waals surface area contributed by atoms with E-state index in [-0.39, 0.29) is 11.1 Å². The normalized spacial score (nSPS) is 19.2. The van der Waals surface area contributed by atoms with Crippen molar-refractivity contribution in [2.75, 3.05) is 0 Å². The fourth-order valence-electron chi connectivity index (χ4n) is 3.09. The summed E-state index contributed by atoms with van der Waals surface area (Å²) >= 11 is 0. The average Bonchev–Trinajstić information content (AvgIpc) is 3.18. The Labute approximate surface area is 151 Å². The molecule has 0 N–H and O–H groups in total. The minimum absolute atomic E-state index is 0.219. The first-order valence-electron chi connectivity index (χ1n) is 8.28. The van der Waals surface area contributed by atoms with E-state index in [1.54, 1.807) is 12.2 Å². The Balaban J connectivity index is 1.79. The monoisotopic (exact) mass is 344 g/mol. The number of carbonyl (C=O) groups excluding carboxylic acids is 2. The van der Waals surface area contributed by atoms with E-state index in [0.717, 1.165) is 22.3 Å². The van der Waals surface area contributed by atoms with Crippen LogP contribution in [0.2, 0.25) is 0 Å². The van der Waals surface area contributed by atoms with E-state index in [0.29, 0.717) is 11.5 Å². The van der Waals surface area contributed by atoms with Crippen molar-refractivity contribution in [1.82, 2.24) is 0 Å². The molecule has 0 aromatic heterocycles. The van der Waals surface area contributed by atoms with Gasteiger partial charge in [-0.2, -0.15) is 0 Å². The number of benzene rings is 2. The SMILES string of the molecule is Cc1ccccc1C1=C/C(=C2/C=C(c3ccccc3C)OC2=O)C(=O)O1. The molecule has 0 saturated carbocycles. The molecule has 2 heterocycles. The fourth-order valence-corrected chi connectivity index (χ4v) is 3.09. The van der Waals surface area contributed by atoms with Crippen LogP contribution < -0.4 is 0 Å². The number of hydrogen-bond acceptors (Lipinski definition) is 4. The van der Waals surface area contributed by atoms with Gasteiger partial charge in [0.05, 0.1) is 11.1 Å². The second-order valence-electron chi connectivity index (χ2n) is 6.25. The van der Waals surface area contributed by atoms with Crippen molar-refractivity contribution < 1.29 is 19.1 Å². The molecule has 2 aromatic carbocycles. The highest BCUT2D eigenvalue weighted by molar-refractivity contribution is 6.12. The van der Waals surface area contributed by atoms with E-state index in [9.17, 15) is 9.59 Å². The average molecular weight is 344 g/mol. The van der Waals surface area contributed by atoms with Crippen LogP contribution in [0.3, 0.4) is 0 Å².